The van der Waals surface area contributed by atoms with Gasteiger partial charge in [0.1, 0.15) is 23.4 Å². The second-order valence-electron chi connectivity index (χ2n) is 14.5. The van der Waals surface area contributed by atoms with Gasteiger partial charge in [-0.15, -0.1) is 0 Å². The first kappa shape index (κ1) is 43.1. The van der Waals surface area contributed by atoms with Gasteiger partial charge >= 0.3 is 38.7 Å². The maximum absolute atomic E-state index is 15.1. The summed E-state index contributed by atoms with van der Waals surface area (Å²) in [7, 11) is -4.49. The number of hydrogen-bond donors (Lipinski definition) is 0. The average molecular weight is 870 g/mol. The van der Waals surface area contributed by atoms with Gasteiger partial charge in [-0.25, -0.2) is 0 Å². The Bertz CT molecular complexity index is 2260. The molecule has 2 saturated heterocycles. The second-order valence-corrected chi connectivity index (χ2v) is 14.5. The summed E-state index contributed by atoms with van der Waals surface area (Å²) in [6.07, 6.45) is -24.7. The third-order valence-corrected chi connectivity index (χ3v) is 10.8. The van der Waals surface area contributed by atoms with Crippen LogP contribution in [-0.2, 0) is 54.5 Å². The standard InChI is InChI=1S/C44H28B2F12O4/c47-41(48,49)33-23-11-7-19-29(33)39(30-20-8-12-24-34(30)42(50,51)52)37(27-15-3-1-4-16-27)59-45(61-39)46-60-38(28-17-5-2-6-18-28)40(62-46,31-21-9-13-25-35(31)43(53,54)55)32-22-10-14-26-36(32)44(56,57)58/h1-26,37-38H/t37-,38-/m1/s1. The van der Waals surface area contributed by atoms with E-state index in [9.17, 15) is 0 Å². The van der Waals surface area contributed by atoms with E-state index in [0.717, 1.165) is 72.8 Å². The van der Waals surface area contributed by atoms with Gasteiger partial charge in [0.05, 0.1) is 22.3 Å². The lowest BCUT2D eigenvalue weighted by molar-refractivity contribution is -0.143. The summed E-state index contributed by atoms with van der Waals surface area (Å²) in [5.41, 5.74) is -15.0. The molecule has 6 aromatic carbocycles. The van der Waals surface area contributed by atoms with Crippen molar-refractivity contribution in [3.05, 3.63) is 213 Å². The zero-order valence-corrected chi connectivity index (χ0v) is 31.5. The van der Waals surface area contributed by atoms with Crippen molar-refractivity contribution in [3.8, 4) is 0 Å². The molecule has 2 heterocycles. The molecule has 0 aliphatic carbocycles. The number of rotatable bonds is 7. The molecule has 2 aliphatic rings. The molecule has 0 radical (unpaired) electrons. The van der Waals surface area contributed by atoms with Crippen LogP contribution in [0.4, 0.5) is 52.7 Å². The van der Waals surface area contributed by atoms with E-state index in [1.807, 2.05) is 0 Å². The van der Waals surface area contributed by atoms with Crippen LogP contribution in [0.3, 0.4) is 0 Å². The van der Waals surface area contributed by atoms with Crippen LogP contribution in [0.15, 0.2) is 158 Å². The first-order valence-electron chi connectivity index (χ1n) is 18.7. The van der Waals surface area contributed by atoms with Gasteiger partial charge in [0.25, 0.3) is 0 Å². The summed E-state index contributed by atoms with van der Waals surface area (Å²) in [6, 6.07) is 28.9. The molecule has 0 bridgehead atoms. The van der Waals surface area contributed by atoms with Crippen molar-refractivity contribution in [2.75, 3.05) is 0 Å². The lowest BCUT2D eigenvalue weighted by Crippen LogP contribution is -2.44. The molecule has 62 heavy (non-hydrogen) atoms. The van der Waals surface area contributed by atoms with E-state index < -0.39 is 107 Å². The quantitative estimate of drug-likeness (QED) is 0.118. The van der Waals surface area contributed by atoms with Gasteiger partial charge in [0.2, 0.25) is 0 Å². The van der Waals surface area contributed by atoms with Crippen molar-refractivity contribution < 1.29 is 71.3 Å². The highest BCUT2D eigenvalue weighted by molar-refractivity contribution is 7.11. The van der Waals surface area contributed by atoms with E-state index in [1.54, 1.807) is 0 Å². The van der Waals surface area contributed by atoms with E-state index >= 15 is 52.7 Å². The SMILES string of the molecule is FC(F)(F)c1ccccc1C1(c2ccccc2C(F)(F)F)OB(B2O[C@H](c3ccccc3)C(c3ccccc3C(F)(F)F)(c3ccccc3C(F)(F)F)O2)O[C@@H]1c1ccccc1. The molecule has 6 aromatic rings. The molecule has 0 saturated carbocycles. The molecule has 2 atom stereocenters. The minimum Gasteiger partial charge on any atom is -0.403 e. The van der Waals surface area contributed by atoms with E-state index in [2.05, 4.69) is 0 Å². The molecule has 2 aliphatic heterocycles. The first-order valence-corrected chi connectivity index (χ1v) is 18.7. The number of hydrogen-bond acceptors (Lipinski definition) is 4. The summed E-state index contributed by atoms with van der Waals surface area (Å²) < 4.78 is 207. The summed E-state index contributed by atoms with van der Waals surface area (Å²) in [5, 5.41) is 0. The van der Waals surface area contributed by atoms with Crippen LogP contribution in [0.1, 0.15) is 67.8 Å². The Morgan fingerprint density at radius 2 is 0.548 bits per heavy atom. The molecular weight excluding hydrogens is 842 g/mol. The fourth-order valence-corrected chi connectivity index (χ4v) is 8.45. The number of halogens is 12. The highest BCUT2D eigenvalue weighted by atomic mass is 19.4. The summed E-state index contributed by atoms with van der Waals surface area (Å²) in [4.78, 5) is 0. The smallest absolute Gasteiger partial charge is 0.403 e. The zero-order chi connectivity index (χ0) is 44.3. The predicted molar refractivity (Wildman–Crippen MR) is 202 cm³/mol. The predicted octanol–water partition coefficient (Wildman–Crippen LogP) is 12.6. The Balaban J connectivity index is 1.43. The topological polar surface area (TPSA) is 36.9 Å². The van der Waals surface area contributed by atoms with Gasteiger partial charge in [0, 0.05) is 22.3 Å². The highest BCUT2D eigenvalue weighted by Crippen LogP contribution is 2.60. The molecule has 318 valence electrons. The van der Waals surface area contributed by atoms with Crippen molar-refractivity contribution >= 4 is 14.0 Å². The third-order valence-electron chi connectivity index (χ3n) is 10.8. The van der Waals surface area contributed by atoms with E-state index in [4.69, 9.17) is 18.6 Å². The summed E-state index contributed by atoms with van der Waals surface area (Å²) in [6.45, 7) is 0. The molecule has 0 amide bonds. The molecule has 8 rings (SSSR count). The fraction of sp³-hybridized carbons (Fsp3) is 0.182. The molecule has 0 spiro atoms. The van der Waals surface area contributed by atoms with Gasteiger partial charge in [-0.05, 0) is 35.4 Å². The molecule has 0 aromatic heterocycles. The second kappa shape index (κ2) is 15.7. The van der Waals surface area contributed by atoms with Gasteiger partial charge in [0.15, 0.2) is 0 Å². The molecule has 4 nitrogen and oxygen atoms in total. The fourth-order valence-electron chi connectivity index (χ4n) is 8.45. The van der Waals surface area contributed by atoms with Crippen LogP contribution in [0.2, 0.25) is 0 Å². The number of benzene rings is 6. The van der Waals surface area contributed by atoms with Crippen molar-refractivity contribution in [3.63, 3.8) is 0 Å². The van der Waals surface area contributed by atoms with Crippen molar-refractivity contribution in [2.24, 2.45) is 0 Å². The molecule has 18 heteroatoms. The van der Waals surface area contributed by atoms with Crippen LogP contribution < -0.4 is 0 Å². The summed E-state index contributed by atoms with van der Waals surface area (Å²) >= 11 is 0. The third kappa shape index (κ3) is 7.46. The van der Waals surface area contributed by atoms with Crippen LogP contribution in [0.25, 0.3) is 0 Å². The maximum Gasteiger partial charge on any atom is 0.489 e. The first-order chi connectivity index (χ1) is 29.3. The molecule has 2 fully saturated rings. The van der Waals surface area contributed by atoms with Crippen LogP contribution >= 0.6 is 0 Å². The highest BCUT2D eigenvalue weighted by Gasteiger charge is 2.68. The van der Waals surface area contributed by atoms with Crippen LogP contribution in [-0.4, -0.2) is 14.0 Å². The van der Waals surface area contributed by atoms with Crippen molar-refractivity contribution in [1.29, 1.82) is 0 Å². The van der Waals surface area contributed by atoms with Crippen LogP contribution in [0.5, 0.6) is 0 Å². The molecule has 0 unspecified atom stereocenters. The minimum absolute atomic E-state index is 0.0161. The van der Waals surface area contributed by atoms with E-state index in [1.165, 1.54) is 60.7 Å². The van der Waals surface area contributed by atoms with Gasteiger partial charge in [-0.2, -0.15) is 52.7 Å². The normalized spacial score (nSPS) is 19.2. The van der Waals surface area contributed by atoms with E-state index in [-0.39, 0.29) is 11.1 Å². The lowest BCUT2D eigenvalue weighted by Gasteiger charge is -2.39. The Kier molecular flexibility index (Phi) is 10.9. The largest absolute Gasteiger partial charge is 0.489 e. The molecular formula is C44H28B2F12O4. The van der Waals surface area contributed by atoms with Crippen molar-refractivity contribution in [1.82, 2.24) is 0 Å². The lowest BCUT2D eigenvalue weighted by atomic mass is 9.49. The Hall–Kier alpha value is -5.55. The van der Waals surface area contributed by atoms with Gasteiger partial charge in [-0.3, -0.25) is 0 Å². The van der Waals surface area contributed by atoms with Gasteiger partial charge < -0.3 is 18.6 Å². The Morgan fingerprint density at radius 3 is 0.790 bits per heavy atom. The van der Waals surface area contributed by atoms with E-state index in [0.29, 0.717) is 24.3 Å². The van der Waals surface area contributed by atoms with Crippen molar-refractivity contribution in [2.45, 2.75) is 48.1 Å². The molecule has 0 N–H and O–H groups in total. The monoisotopic (exact) mass is 870 g/mol. The maximum atomic E-state index is 15.1. The summed E-state index contributed by atoms with van der Waals surface area (Å²) in [5.74, 6) is 0. The van der Waals surface area contributed by atoms with Crippen LogP contribution in [0, 0.1) is 0 Å². The Morgan fingerprint density at radius 1 is 0.323 bits per heavy atom. The minimum atomic E-state index is -5.21. The Labute approximate surface area is 346 Å². The average Bonchev–Trinajstić information content (AvgIpc) is 3.85. The number of alkyl halides is 12. The zero-order valence-electron chi connectivity index (χ0n) is 31.5. The van der Waals surface area contributed by atoms with Gasteiger partial charge in [-0.1, -0.05) is 133 Å².